The Morgan fingerprint density at radius 2 is 1.63 bits per heavy atom. The molecule has 19 heavy (non-hydrogen) atoms. The SMILES string of the molecule is COC(=O)c1ccc(O[PH](=O)c2ccccc2)cc1. The molecule has 2 aromatic rings. The fourth-order valence-corrected chi connectivity index (χ4v) is 2.45. The zero-order chi connectivity index (χ0) is 13.7. The highest BCUT2D eigenvalue weighted by molar-refractivity contribution is 7.48. The van der Waals surface area contributed by atoms with Gasteiger partial charge in [-0.1, -0.05) is 18.2 Å². The number of carbonyl (C=O) groups excluding carboxylic acids is 1. The van der Waals surface area contributed by atoms with Crippen molar-refractivity contribution in [3.63, 3.8) is 0 Å². The quantitative estimate of drug-likeness (QED) is 0.636. The van der Waals surface area contributed by atoms with E-state index in [4.69, 9.17) is 4.52 Å². The zero-order valence-electron chi connectivity index (χ0n) is 10.3. The normalized spacial score (nSPS) is 11.6. The third kappa shape index (κ3) is 3.46. The summed E-state index contributed by atoms with van der Waals surface area (Å²) in [4.78, 5) is 11.3. The first-order chi connectivity index (χ1) is 9.20. The average molecular weight is 276 g/mol. The summed E-state index contributed by atoms with van der Waals surface area (Å²) in [6.07, 6.45) is 0. The molecule has 1 unspecified atom stereocenters. The third-order valence-corrected chi connectivity index (χ3v) is 3.72. The Bertz CT molecular complexity index is 578. The van der Waals surface area contributed by atoms with Crippen LogP contribution >= 0.6 is 8.03 Å². The van der Waals surface area contributed by atoms with Gasteiger partial charge in [-0.2, -0.15) is 0 Å². The van der Waals surface area contributed by atoms with Crippen LogP contribution in [0.1, 0.15) is 10.4 Å². The predicted octanol–water partition coefficient (Wildman–Crippen LogP) is 2.65. The number of esters is 1. The van der Waals surface area contributed by atoms with Gasteiger partial charge in [0.2, 0.25) is 0 Å². The van der Waals surface area contributed by atoms with Crippen molar-refractivity contribution < 1.29 is 18.6 Å². The first kappa shape index (κ1) is 13.4. The average Bonchev–Trinajstić information content (AvgIpc) is 2.48. The van der Waals surface area contributed by atoms with Gasteiger partial charge in [0.25, 0.3) is 8.03 Å². The van der Waals surface area contributed by atoms with Crippen molar-refractivity contribution in [2.75, 3.05) is 7.11 Å². The molecule has 0 saturated heterocycles. The molecule has 0 amide bonds. The standard InChI is InChI=1S/C14H13O4P/c1-17-14(15)11-7-9-12(10-8-11)18-19(16)13-5-3-2-4-6-13/h2-10,19H,1H3. The molecule has 2 rings (SSSR count). The number of ether oxygens (including phenoxy) is 1. The Morgan fingerprint density at radius 1 is 1.00 bits per heavy atom. The number of benzene rings is 2. The molecule has 0 radical (unpaired) electrons. The smallest absolute Gasteiger partial charge is 0.337 e. The first-order valence-corrected chi connectivity index (χ1v) is 6.98. The lowest BCUT2D eigenvalue weighted by Crippen LogP contribution is -2.01. The van der Waals surface area contributed by atoms with Crippen LogP contribution in [0.2, 0.25) is 0 Å². The lowest BCUT2D eigenvalue weighted by molar-refractivity contribution is 0.0600. The van der Waals surface area contributed by atoms with Crippen molar-refractivity contribution in [3.8, 4) is 5.75 Å². The molecule has 0 aliphatic heterocycles. The van der Waals surface area contributed by atoms with Crippen LogP contribution in [0, 0.1) is 0 Å². The van der Waals surface area contributed by atoms with Gasteiger partial charge in [0, 0.05) is 5.30 Å². The maximum Gasteiger partial charge on any atom is 0.337 e. The third-order valence-electron chi connectivity index (χ3n) is 2.50. The largest absolute Gasteiger partial charge is 0.465 e. The monoisotopic (exact) mass is 276 g/mol. The van der Waals surface area contributed by atoms with Crippen molar-refractivity contribution in [2.45, 2.75) is 0 Å². The fraction of sp³-hybridized carbons (Fsp3) is 0.0714. The number of hydrogen-bond acceptors (Lipinski definition) is 4. The maximum atomic E-state index is 12.0. The lowest BCUT2D eigenvalue weighted by atomic mass is 10.2. The van der Waals surface area contributed by atoms with E-state index in [1.807, 2.05) is 18.2 Å². The maximum absolute atomic E-state index is 12.0. The highest BCUT2D eigenvalue weighted by atomic mass is 31.1. The van der Waals surface area contributed by atoms with Crippen molar-refractivity contribution in [1.82, 2.24) is 0 Å². The molecular formula is C14H13O4P. The Labute approximate surface area is 111 Å². The second kappa shape index (κ2) is 6.21. The fourth-order valence-electron chi connectivity index (χ4n) is 1.52. The Kier molecular flexibility index (Phi) is 4.37. The lowest BCUT2D eigenvalue weighted by Gasteiger charge is -2.06. The van der Waals surface area contributed by atoms with Crippen molar-refractivity contribution >= 4 is 19.3 Å². The van der Waals surface area contributed by atoms with E-state index in [1.54, 1.807) is 36.4 Å². The Balaban J connectivity index is 2.08. The van der Waals surface area contributed by atoms with Gasteiger partial charge >= 0.3 is 5.97 Å². The van der Waals surface area contributed by atoms with Gasteiger partial charge in [-0.05, 0) is 36.4 Å². The summed E-state index contributed by atoms with van der Waals surface area (Å²) in [5.74, 6) is 0.0441. The van der Waals surface area contributed by atoms with Crippen molar-refractivity contribution in [3.05, 3.63) is 60.2 Å². The highest BCUT2D eigenvalue weighted by Crippen LogP contribution is 2.26. The van der Waals surface area contributed by atoms with Crippen LogP contribution in [0.3, 0.4) is 0 Å². The van der Waals surface area contributed by atoms with Gasteiger partial charge < -0.3 is 9.26 Å². The summed E-state index contributed by atoms with van der Waals surface area (Å²) >= 11 is 0. The zero-order valence-corrected chi connectivity index (χ0v) is 11.3. The molecule has 0 bridgehead atoms. The minimum Gasteiger partial charge on any atom is -0.465 e. The minimum absolute atomic E-state index is 0.415. The molecule has 98 valence electrons. The topological polar surface area (TPSA) is 52.6 Å². The first-order valence-electron chi connectivity index (χ1n) is 5.66. The molecule has 0 spiro atoms. The predicted molar refractivity (Wildman–Crippen MR) is 73.5 cm³/mol. The Morgan fingerprint density at radius 3 is 2.21 bits per heavy atom. The molecule has 1 atom stereocenters. The number of rotatable bonds is 4. The van der Waals surface area contributed by atoms with Crippen LogP contribution in [-0.2, 0) is 9.30 Å². The molecule has 0 saturated carbocycles. The van der Waals surface area contributed by atoms with Gasteiger partial charge in [0.1, 0.15) is 5.75 Å². The molecule has 0 N–H and O–H groups in total. The van der Waals surface area contributed by atoms with Crippen LogP contribution in [0.15, 0.2) is 54.6 Å². The van der Waals surface area contributed by atoms with Gasteiger partial charge in [0.15, 0.2) is 0 Å². The van der Waals surface area contributed by atoms with E-state index in [0.29, 0.717) is 16.6 Å². The van der Waals surface area contributed by atoms with Crippen LogP contribution < -0.4 is 9.83 Å². The van der Waals surface area contributed by atoms with E-state index in [9.17, 15) is 9.36 Å². The second-order valence-corrected chi connectivity index (χ2v) is 5.13. The summed E-state index contributed by atoms with van der Waals surface area (Å²) in [7, 11) is -1.00. The summed E-state index contributed by atoms with van der Waals surface area (Å²) in [5.41, 5.74) is 0.425. The number of carbonyl (C=O) groups is 1. The van der Waals surface area contributed by atoms with E-state index in [2.05, 4.69) is 4.74 Å². The summed E-state index contributed by atoms with van der Waals surface area (Å²) in [6, 6.07) is 15.3. The summed E-state index contributed by atoms with van der Waals surface area (Å²) < 4.78 is 21.9. The minimum atomic E-state index is -2.32. The van der Waals surface area contributed by atoms with Gasteiger partial charge in [-0.15, -0.1) is 0 Å². The number of hydrogen-bond donors (Lipinski definition) is 0. The number of methoxy groups -OCH3 is 1. The molecule has 0 aromatic heterocycles. The Hall–Kier alpha value is -2.06. The molecule has 0 aliphatic carbocycles. The van der Waals surface area contributed by atoms with Crippen LogP contribution in [0.25, 0.3) is 0 Å². The van der Waals surface area contributed by atoms with Crippen molar-refractivity contribution in [2.24, 2.45) is 0 Å². The second-order valence-electron chi connectivity index (χ2n) is 3.77. The molecular weight excluding hydrogens is 263 g/mol. The molecule has 0 fully saturated rings. The molecule has 0 aliphatic rings. The van der Waals surface area contributed by atoms with Gasteiger partial charge in [-0.25, -0.2) is 4.79 Å². The van der Waals surface area contributed by atoms with Gasteiger partial charge in [-0.3, -0.25) is 4.57 Å². The van der Waals surface area contributed by atoms with E-state index in [1.165, 1.54) is 7.11 Å². The molecule has 0 heterocycles. The van der Waals surface area contributed by atoms with Gasteiger partial charge in [0.05, 0.1) is 12.7 Å². The van der Waals surface area contributed by atoms with E-state index in [0.717, 1.165) is 0 Å². The molecule has 5 heteroatoms. The molecule has 2 aromatic carbocycles. The van der Waals surface area contributed by atoms with Crippen molar-refractivity contribution in [1.29, 1.82) is 0 Å². The van der Waals surface area contributed by atoms with E-state index < -0.39 is 14.0 Å². The highest BCUT2D eigenvalue weighted by Gasteiger charge is 2.07. The van der Waals surface area contributed by atoms with Crippen LogP contribution in [-0.4, -0.2) is 13.1 Å². The van der Waals surface area contributed by atoms with E-state index in [-0.39, 0.29) is 0 Å². The van der Waals surface area contributed by atoms with Crippen LogP contribution in [0.5, 0.6) is 5.75 Å². The molecule has 4 nitrogen and oxygen atoms in total. The van der Waals surface area contributed by atoms with Crippen LogP contribution in [0.4, 0.5) is 0 Å². The summed E-state index contributed by atoms with van der Waals surface area (Å²) in [6.45, 7) is 0. The van der Waals surface area contributed by atoms with E-state index >= 15 is 0 Å². The summed E-state index contributed by atoms with van der Waals surface area (Å²) in [5, 5.41) is 0.657.